The molecule has 1 aliphatic carbocycles. The van der Waals surface area contributed by atoms with Crippen LogP contribution in [0, 0.1) is 13.8 Å². The number of allylic oxidation sites excluding steroid dienone is 2. The maximum atomic E-state index is 5.47. The van der Waals surface area contributed by atoms with E-state index in [1.807, 2.05) is 55.8 Å². The lowest BCUT2D eigenvalue weighted by atomic mass is 10.1. The third-order valence-corrected chi connectivity index (χ3v) is 5.43. The molecule has 1 saturated carbocycles. The van der Waals surface area contributed by atoms with Crippen molar-refractivity contribution in [2.45, 2.75) is 39.2 Å². The summed E-state index contributed by atoms with van der Waals surface area (Å²) in [6.07, 6.45) is 12.5. The van der Waals surface area contributed by atoms with Crippen LogP contribution in [0.5, 0.6) is 0 Å². The summed E-state index contributed by atoms with van der Waals surface area (Å²) in [5, 5.41) is 6.27. The number of aryl methyl sites for hydroxylation is 2. The van der Waals surface area contributed by atoms with Crippen LogP contribution in [0.15, 0.2) is 59.7 Å². The zero-order valence-corrected chi connectivity index (χ0v) is 16.6. The summed E-state index contributed by atoms with van der Waals surface area (Å²) >= 11 is 0. The summed E-state index contributed by atoms with van der Waals surface area (Å²) in [7, 11) is 0. The lowest BCUT2D eigenvalue weighted by Gasteiger charge is -2.24. The van der Waals surface area contributed by atoms with Crippen LogP contribution >= 0.6 is 0 Å². The summed E-state index contributed by atoms with van der Waals surface area (Å²) in [6.45, 7) is 4.55. The molecule has 2 aliphatic rings. The van der Waals surface area contributed by atoms with Crippen molar-refractivity contribution in [1.29, 1.82) is 0 Å². The molecule has 29 heavy (non-hydrogen) atoms. The first kappa shape index (κ1) is 17.7. The van der Waals surface area contributed by atoms with E-state index in [1.165, 1.54) is 18.5 Å². The average molecular weight is 385 g/mol. The van der Waals surface area contributed by atoms with Crippen molar-refractivity contribution in [3.8, 4) is 11.3 Å². The molecule has 0 unspecified atom stereocenters. The van der Waals surface area contributed by atoms with E-state index in [1.54, 1.807) is 0 Å². The molecule has 1 aliphatic heterocycles. The second-order valence-electron chi connectivity index (χ2n) is 7.67. The number of nitrogens with zero attached hydrogens (tertiary/aromatic N) is 4. The van der Waals surface area contributed by atoms with Crippen LogP contribution in [-0.2, 0) is 6.54 Å². The van der Waals surface area contributed by atoms with Gasteiger partial charge in [0.1, 0.15) is 11.5 Å². The Kier molecular flexibility index (Phi) is 4.39. The third kappa shape index (κ3) is 3.66. The molecule has 6 heteroatoms. The first-order valence-corrected chi connectivity index (χ1v) is 9.93. The number of aromatic nitrogens is 3. The Morgan fingerprint density at radius 3 is 2.55 bits per heavy atom. The average Bonchev–Trinajstić information content (AvgIpc) is 3.54. The number of hydrogen-bond acceptors (Lipinski definition) is 6. The van der Waals surface area contributed by atoms with Gasteiger partial charge in [0.05, 0.1) is 6.54 Å². The molecule has 0 atom stereocenters. The molecule has 0 amide bonds. The fourth-order valence-corrected chi connectivity index (χ4v) is 3.47. The monoisotopic (exact) mass is 385 g/mol. The highest BCUT2D eigenvalue weighted by Gasteiger charge is 2.24. The number of nitrogens with one attached hydrogen (secondary N) is 1. The quantitative estimate of drug-likeness (QED) is 0.697. The standard InChI is InChI=1S/C23H23N5O/c1-15-3-4-20(12-24-15)23-21(16(2)29-27-23)14-28-10-9-19(13-26-28)18-7-8-22(25-11-18)17-5-6-17/h3-4,7-13,17,26H,5-6,14H2,1-2H3. The molecule has 0 radical (unpaired) electrons. The number of rotatable bonds is 5. The van der Waals surface area contributed by atoms with E-state index in [4.69, 9.17) is 4.52 Å². The fraction of sp³-hybridized carbons (Fsp3) is 0.261. The van der Waals surface area contributed by atoms with Crippen LogP contribution in [0.4, 0.5) is 0 Å². The molecule has 1 fully saturated rings. The minimum atomic E-state index is 0.637. The molecule has 3 aromatic rings. The highest BCUT2D eigenvalue weighted by Crippen LogP contribution is 2.39. The summed E-state index contributed by atoms with van der Waals surface area (Å²) in [4.78, 5) is 8.99. The van der Waals surface area contributed by atoms with Gasteiger partial charge in [-0.25, -0.2) is 0 Å². The lowest BCUT2D eigenvalue weighted by Crippen LogP contribution is -2.30. The van der Waals surface area contributed by atoms with Gasteiger partial charge in [0.25, 0.3) is 0 Å². The first-order chi connectivity index (χ1) is 14.2. The molecule has 146 valence electrons. The van der Waals surface area contributed by atoms with Crippen molar-refractivity contribution in [2.24, 2.45) is 0 Å². The van der Waals surface area contributed by atoms with Gasteiger partial charge in [0, 0.05) is 64.4 Å². The zero-order chi connectivity index (χ0) is 19.8. The van der Waals surface area contributed by atoms with Gasteiger partial charge in [0.15, 0.2) is 0 Å². The van der Waals surface area contributed by atoms with Crippen LogP contribution in [0.3, 0.4) is 0 Å². The van der Waals surface area contributed by atoms with Crippen LogP contribution in [0.25, 0.3) is 16.8 Å². The van der Waals surface area contributed by atoms with Gasteiger partial charge >= 0.3 is 0 Å². The summed E-state index contributed by atoms with van der Waals surface area (Å²) in [5.41, 5.74) is 10.6. The minimum absolute atomic E-state index is 0.637. The Morgan fingerprint density at radius 2 is 1.90 bits per heavy atom. The lowest BCUT2D eigenvalue weighted by molar-refractivity contribution is 0.302. The SMILES string of the molecule is Cc1ccc(-c2noc(C)c2CN2C=CC(c3ccc(C4CC4)nc3)=CN2)cn1. The summed E-state index contributed by atoms with van der Waals surface area (Å²) in [5.74, 6) is 1.49. The van der Waals surface area contributed by atoms with Crippen molar-refractivity contribution in [2.75, 3.05) is 0 Å². The maximum Gasteiger partial charge on any atom is 0.139 e. The van der Waals surface area contributed by atoms with Crippen LogP contribution in [0.2, 0.25) is 0 Å². The first-order valence-electron chi connectivity index (χ1n) is 9.93. The van der Waals surface area contributed by atoms with E-state index in [9.17, 15) is 0 Å². The summed E-state index contributed by atoms with van der Waals surface area (Å²) < 4.78 is 5.47. The molecular weight excluding hydrogens is 362 g/mol. The Morgan fingerprint density at radius 1 is 1.07 bits per heavy atom. The number of hydrazine groups is 1. The molecule has 3 aromatic heterocycles. The van der Waals surface area contributed by atoms with E-state index < -0.39 is 0 Å². The third-order valence-electron chi connectivity index (χ3n) is 5.43. The zero-order valence-electron chi connectivity index (χ0n) is 16.6. The Hall–Kier alpha value is -3.41. The van der Waals surface area contributed by atoms with Gasteiger partial charge in [-0.15, -0.1) is 0 Å². The second-order valence-corrected chi connectivity index (χ2v) is 7.67. The van der Waals surface area contributed by atoms with Crippen LogP contribution in [-0.4, -0.2) is 20.1 Å². The highest BCUT2D eigenvalue weighted by atomic mass is 16.5. The van der Waals surface area contributed by atoms with Gasteiger partial charge in [-0.1, -0.05) is 11.2 Å². The van der Waals surface area contributed by atoms with Crippen molar-refractivity contribution in [3.05, 3.63) is 83.4 Å². The molecule has 0 spiro atoms. The molecule has 5 rings (SSSR count). The fourth-order valence-electron chi connectivity index (χ4n) is 3.47. The molecule has 0 aromatic carbocycles. The predicted molar refractivity (Wildman–Crippen MR) is 111 cm³/mol. The van der Waals surface area contributed by atoms with Gasteiger partial charge in [-0.2, -0.15) is 0 Å². The number of hydrogen-bond donors (Lipinski definition) is 1. The predicted octanol–water partition coefficient (Wildman–Crippen LogP) is 4.50. The summed E-state index contributed by atoms with van der Waals surface area (Å²) in [6, 6.07) is 8.32. The Balaban J connectivity index is 1.30. The topological polar surface area (TPSA) is 67.1 Å². The van der Waals surface area contributed by atoms with Crippen molar-refractivity contribution >= 4 is 5.57 Å². The van der Waals surface area contributed by atoms with Crippen LogP contribution < -0.4 is 5.43 Å². The highest BCUT2D eigenvalue weighted by molar-refractivity contribution is 5.73. The normalized spacial score (nSPS) is 15.9. The molecule has 6 nitrogen and oxygen atoms in total. The van der Waals surface area contributed by atoms with Crippen molar-refractivity contribution in [1.82, 2.24) is 25.6 Å². The largest absolute Gasteiger partial charge is 0.361 e. The van der Waals surface area contributed by atoms with Crippen molar-refractivity contribution < 1.29 is 4.52 Å². The van der Waals surface area contributed by atoms with Gasteiger partial charge < -0.3 is 9.95 Å². The molecule has 4 heterocycles. The molecular formula is C23H23N5O. The van der Waals surface area contributed by atoms with Gasteiger partial charge in [0.2, 0.25) is 0 Å². The van der Waals surface area contributed by atoms with E-state index >= 15 is 0 Å². The Bertz CT molecular complexity index is 1080. The molecule has 1 N–H and O–H groups in total. The minimum Gasteiger partial charge on any atom is -0.361 e. The molecule has 0 bridgehead atoms. The smallest absolute Gasteiger partial charge is 0.139 e. The van der Waals surface area contributed by atoms with Crippen LogP contribution in [0.1, 0.15) is 47.0 Å². The van der Waals surface area contributed by atoms with E-state index in [0.717, 1.165) is 39.4 Å². The second kappa shape index (κ2) is 7.20. The van der Waals surface area contributed by atoms with E-state index in [2.05, 4.69) is 38.8 Å². The number of pyridine rings is 2. The van der Waals surface area contributed by atoms with Crippen molar-refractivity contribution in [3.63, 3.8) is 0 Å². The van der Waals surface area contributed by atoms with E-state index in [-0.39, 0.29) is 0 Å². The van der Waals surface area contributed by atoms with Gasteiger partial charge in [-0.3, -0.25) is 15.0 Å². The maximum absolute atomic E-state index is 5.47. The Labute approximate surface area is 169 Å². The van der Waals surface area contributed by atoms with E-state index in [0.29, 0.717) is 12.5 Å². The molecule has 0 saturated heterocycles. The van der Waals surface area contributed by atoms with Gasteiger partial charge in [-0.05, 0) is 51.0 Å².